The van der Waals surface area contributed by atoms with Crippen LogP contribution < -0.4 is 10.6 Å². The van der Waals surface area contributed by atoms with E-state index in [0.717, 1.165) is 11.1 Å². The molecule has 126 valence electrons. The number of rotatable bonds is 6. The maximum Gasteiger partial charge on any atom is 0.256 e. The predicted molar refractivity (Wildman–Crippen MR) is 93.4 cm³/mol. The highest BCUT2D eigenvalue weighted by Crippen LogP contribution is 2.24. The molecular formula is C19H22N2O3. The summed E-state index contributed by atoms with van der Waals surface area (Å²) >= 11 is 0. The Balaban J connectivity index is 2.08. The lowest BCUT2D eigenvalue weighted by molar-refractivity contribution is -0.142. The zero-order valence-corrected chi connectivity index (χ0v) is 14.1. The number of anilines is 1. The zero-order valence-electron chi connectivity index (χ0n) is 14.1. The van der Waals surface area contributed by atoms with Crippen molar-refractivity contribution >= 4 is 17.5 Å². The van der Waals surface area contributed by atoms with Gasteiger partial charge in [0.15, 0.2) is 5.60 Å². The van der Waals surface area contributed by atoms with Gasteiger partial charge in [0.2, 0.25) is 5.91 Å². The van der Waals surface area contributed by atoms with E-state index in [4.69, 9.17) is 4.74 Å². The molecule has 0 aliphatic heterocycles. The molecule has 0 radical (unpaired) electrons. The summed E-state index contributed by atoms with van der Waals surface area (Å²) in [5.74, 6) is -0.353. The van der Waals surface area contributed by atoms with Gasteiger partial charge in [0.25, 0.3) is 5.91 Å². The number of carbonyl (C=O) groups excluding carboxylic acids is 2. The molecule has 0 unspecified atom stereocenters. The fourth-order valence-electron chi connectivity index (χ4n) is 2.41. The van der Waals surface area contributed by atoms with Crippen molar-refractivity contribution in [3.63, 3.8) is 0 Å². The molecule has 0 saturated heterocycles. The lowest BCUT2D eigenvalue weighted by Crippen LogP contribution is -2.43. The Morgan fingerprint density at radius 3 is 2.42 bits per heavy atom. The Morgan fingerprint density at radius 2 is 1.79 bits per heavy atom. The fourth-order valence-corrected chi connectivity index (χ4v) is 2.41. The Kier molecular flexibility index (Phi) is 5.71. The van der Waals surface area contributed by atoms with Crippen LogP contribution in [0.25, 0.3) is 0 Å². The lowest BCUT2D eigenvalue weighted by Gasteiger charge is -2.27. The largest absolute Gasteiger partial charge is 0.364 e. The van der Waals surface area contributed by atoms with E-state index in [1.165, 1.54) is 14.0 Å². The van der Waals surface area contributed by atoms with Crippen LogP contribution in [0.3, 0.4) is 0 Å². The molecule has 0 aliphatic rings. The Hall–Kier alpha value is -2.66. The van der Waals surface area contributed by atoms with E-state index in [9.17, 15) is 9.59 Å². The van der Waals surface area contributed by atoms with E-state index in [-0.39, 0.29) is 11.8 Å². The van der Waals surface area contributed by atoms with Crippen LogP contribution in [0.1, 0.15) is 25.0 Å². The van der Waals surface area contributed by atoms with E-state index >= 15 is 0 Å². The number of nitrogens with one attached hydrogen (secondary N) is 2. The molecule has 0 heterocycles. The van der Waals surface area contributed by atoms with Gasteiger partial charge in [-0.1, -0.05) is 42.5 Å². The van der Waals surface area contributed by atoms with Gasteiger partial charge in [-0.3, -0.25) is 9.59 Å². The number of hydrogen-bond acceptors (Lipinski definition) is 3. The van der Waals surface area contributed by atoms with Gasteiger partial charge in [0.1, 0.15) is 0 Å². The van der Waals surface area contributed by atoms with Crippen LogP contribution >= 0.6 is 0 Å². The number of benzene rings is 2. The molecule has 2 amide bonds. The van der Waals surface area contributed by atoms with E-state index in [1.54, 1.807) is 13.0 Å². The summed E-state index contributed by atoms with van der Waals surface area (Å²) in [6.45, 7) is 3.54. The maximum absolute atomic E-state index is 12.6. The zero-order chi connectivity index (χ0) is 17.6. The fraction of sp³-hybridized carbons (Fsp3) is 0.263. The molecule has 0 fully saturated rings. The van der Waals surface area contributed by atoms with Crippen molar-refractivity contribution in [2.24, 2.45) is 0 Å². The molecule has 0 aliphatic carbocycles. The monoisotopic (exact) mass is 326 g/mol. The summed E-state index contributed by atoms with van der Waals surface area (Å²) in [7, 11) is 1.52. The van der Waals surface area contributed by atoms with Crippen LogP contribution in [0.5, 0.6) is 0 Å². The van der Waals surface area contributed by atoms with Gasteiger partial charge >= 0.3 is 0 Å². The van der Waals surface area contributed by atoms with Crippen LogP contribution in [0.15, 0.2) is 54.6 Å². The summed E-state index contributed by atoms with van der Waals surface area (Å²) in [5, 5.41) is 5.62. The second-order valence-corrected chi connectivity index (χ2v) is 5.67. The minimum absolute atomic E-state index is 0.132. The van der Waals surface area contributed by atoms with Crippen molar-refractivity contribution in [2.75, 3.05) is 12.4 Å². The molecule has 24 heavy (non-hydrogen) atoms. The molecule has 5 nitrogen and oxygen atoms in total. The van der Waals surface area contributed by atoms with Crippen LogP contribution in [-0.4, -0.2) is 18.9 Å². The van der Waals surface area contributed by atoms with Gasteiger partial charge in [0, 0.05) is 26.3 Å². The average Bonchev–Trinajstić information content (AvgIpc) is 2.59. The summed E-state index contributed by atoms with van der Waals surface area (Å²) in [6, 6.07) is 16.7. The first-order chi connectivity index (χ1) is 11.5. The quantitative estimate of drug-likeness (QED) is 0.858. The first-order valence-electron chi connectivity index (χ1n) is 7.71. The second kappa shape index (κ2) is 7.75. The van der Waals surface area contributed by atoms with E-state index in [0.29, 0.717) is 12.2 Å². The number of amides is 2. The molecule has 0 aromatic heterocycles. The third-order valence-electron chi connectivity index (χ3n) is 3.87. The molecule has 1 atom stereocenters. The maximum atomic E-state index is 12.6. The van der Waals surface area contributed by atoms with Gasteiger partial charge in [-0.15, -0.1) is 0 Å². The number of hydrogen-bond donors (Lipinski definition) is 2. The molecule has 0 spiro atoms. The molecule has 2 aromatic carbocycles. The third-order valence-corrected chi connectivity index (χ3v) is 3.87. The van der Waals surface area contributed by atoms with E-state index in [1.807, 2.05) is 48.5 Å². The summed E-state index contributed by atoms with van der Waals surface area (Å²) < 4.78 is 5.48. The van der Waals surface area contributed by atoms with Gasteiger partial charge in [-0.05, 0) is 30.2 Å². The van der Waals surface area contributed by atoms with Gasteiger partial charge < -0.3 is 15.4 Å². The highest BCUT2D eigenvalue weighted by molar-refractivity contribution is 5.89. The van der Waals surface area contributed by atoms with Crippen LogP contribution in [0.4, 0.5) is 5.69 Å². The van der Waals surface area contributed by atoms with Gasteiger partial charge in [-0.2, -0.15) is 0 Å². The summed E-state index contributed by atoms with van der Waals surface area (Å²) in [6.07, 6.45) is 0. The van der Waals surface area contributed by atoms with Crippen molar-refractivity contribution in [1.29, 1.82) is 0 Å². The molecular weight excluding hydrogens is 304 g/mol. The minimum atomic E-state index is -1.06. The summed E-state index contributed by atoms with van der Waals surface area (Å²) in [5.41, 5.74) is 1.32. The number of ether oxygens (including phenoxy) is 1. The molecule has 2 N–H and O–H groups in total. The van der Waals surface area contributed by atoms with Crippen molar-refractivity contribution in [2.45, 2.75) is 26.0 Å². The third kappa shape index (κ3) is 4.20. The van der Waals surface area contributed by atoms with Crippen LogP contribution in [0, 0.1) is 0 Å². The molecule has 5 heteroatoms. The summed E-state index contributed by atoms with van der Waals surface area (Å²) in [4.78, 5) is 23.7. The van der Waals surface area contributed by atoms with Crippen LogP contribution in [0.2, 0.25) is 0 Å². The SMILES string of the molecule is CO[C@@](C)(C(=O)NCc1cccc(NC(C)=O)c1)c1ccccc1. The highest BCUT2D eigenvalue weighted by atomic mass is 16.5. The Morgan fingerprint density at radius 1 is 1.08 bits per heavy atom. The van der Waals surface area contributed by atoms with Gasteiger partial charge in [-0.25, -0.2) is 0 Å². The highest BCUT2D eigenvalue weighted by Gasteiger charge is 2.34. The normalized spacial score (nSPS) is 13.0. The predicted octanol–water partition coefficient (Wildman–Crippen LogP) is 2.82. The standard InChI is InChI=1S/C19H22N2O3/c1-14(22)21-17-11-7-8-15(12-17)13-20-18(23)19(2,24-3)16-9-5-4-6-10-16/h4-12H,13H2,1-3H3,(H,20,23)(H,21,22)/t19-/m1/s1. The second-order valence-electron chi connectivity index (χ2n) is 5.67. The molecule has 0 bridgehead atoms. The number of carbonyl (C=O) groups is 2. The lowest BCUT2D eigenvalue weighted by atomic mass is 9.94. The molecule has 2 aromatic rings. The van der Waals surface area contributed by atoms with Crippen molar-refractivity contribution in [1.82, 2.24) is 5.32 Å². The van der Waals surface area contributed by atoms with Gasteiger partial charge in [0.05, 0.1) is 0 Å². The minimum Gasteiger partial charge on any atom is -0.364 e. The Labute approximate surface area is 142 Å². The first kappa shape index (κ1) is 17.7. The number of methoxy groups -OCH3 is 1. The molecule has 0 saturated carbocycles. The first-order valence-corrected chi connectivity index (χ1v) is 7.71. The van der Waals surface area contributed by atoms with Crippen molar-refractivity contribution in [3.8, 4) is 0 Å². The van der Waals surface area contributed by atoms with E-state index < -0.39 is 5.60 Å². The molecule has 2 rings (SSSR count). The van der Waals surface area contributed by atoms with E-state index in [2.05, 4.69) is 10.6 Å². The smallest absolute Gasteiger partial charge is 0.256 e. The van der Waals surface area contributed by atoms with Crippen LogP contribution in [-0.2, 0) is 26.5 Å². The average molecular weight is 326 g/mol. The Bertz CT molecular complexity index is 716. The van der Waals surface area contributed by atoms with Crippen molar-refractivity contribution in [3.05, 3.63) is 65.7 Å². The topological polar surface area (TPSA) is 67.4 Å². The van der Waals surface area contributed by atoms with Crippen molar-refractivity contribution < 1.29 is 14.3 Å².